The predicted octanol–water partition coefficient (Wildman–Crippen LogP) is 1.59. The van der Waals surface area contributed by atoms with Crippen LogP contribution in [-0.2, 0) is 5.54 Å². The molecule has 78 valence electrons. The molecule has 1 aromatic rings. The molecule has 1 aliphatic rings. The lowest BCUT2D eigenvalue weighted by Gasteiger charge is -2.40. The van der Waals surface area contributed by atoms with E-state index in [0.717, 1.165) is 13.1 Å². The van der Waals surface area contributed by atoms with Gasteiger partial charge in [-0.2, -0.15) is 0 Å². The second kappa shape index (κ2) is 4.53. The van der Waals surface area contributed by atoms with E-state index in [1.54, 1.807) is 11.8 Å². The van der Waals surface area contributed by atoms with Crippen molar-refractivity contribution < 1.29 is 0 Å². The van der Waals surface area contributed by atoms with E-state index >= 15 is 0 Å². The molecule has 2 rings (SSSR count). The number of hydrogen-bond donors (Lipinski definition) is 2. The van der Waals surface area contributed by atoms with E-state index in [2.05, 4.69) is 35.8 Å². The number of rotatable bonds is 2. The van der Waals surface area contributed by atoms with Crippen molar-refractivity contribution in [2.75, 3.05) is 19.3 Å². The summed E-state index contributed by atoms with van der Waals surface area (Å²) in [7, 11) is 0. The van der Waals surface area contributed by atoms with Crippen molar-refractivity contribution in [2.24, 2.45) is 5.73 Å². The number of thioether (sulfide) groups is 1. The fraction of sp³-hybridized carbons (Fsp3) is 0.400. The van der Waals surface area contributed by atoms with Crippen LogP contribution in [0.2, 0.25) is 0 Å². The van der Waals surface area contributed by atoms with Gasteiger partial charge in [-0.15, -0.1) is 24.2 Å². The van der Waals surface area contributed by atoms with Crippen LogP contribution in [-0.4, -0.2) is 19.3 Å². The average molecular weight is 231 g/mol. The summed E-state index contributed by atoms with van der Waals surface area (Å²) in [6, 6.07) is 8.38. The van der Waals surface area contributed by atoms with Gasteiger partial charge in [-0.25, -0.2) is 0 Å². The monoisotopic (exact) mass is 230 g/mol. The van der Waals surface area contributed by atoms with Crippen LogP contribution in [0.25, 0.3) is 0 Å². The molecule has 3 N–H and O–H groups in total. The molecular formula is C10H15ClN2S. The van der Waals surface area contributed by atoms with Gasteiger partial charge in [-0.3, -0.25) is 0 Å². The lowest BCUT2D eigenvalue weighted by atomic mass is 9.85. The summed E-state index contributed by atoms with van der Waals surface area (Å²) in [6.07, 6.45) is 2.09. The fourth-order valence-electron chi connectivity index (χ4n) is 1.64. The van der Waals surface area contributed by atoms with E-state index in [0.29, 0.717) is 0 Å². The standard InChI is InChI=1S/C10H14N2S.ClH/c1-13-9-5-3-2-4-8(9)10(11)6-12-7-10;/h2-5,12H,6-7,11H2,1H3;1H. The smallest absolute Gasteiger partial charge is 0.0673 e. The highest BCUT2D eigenvalue weighted by Gasteiger charge is 2.35. The molecule has 0 unspecified atom stereocenters. The van der Waals surface area contributed by atoms with Gasteiger partial charge in [0.2, 0.25) is 0 Å². The third kappa shape index (κ3) is 1.91. The highest BCUT2D eigenvalue weighted by atomic mass is 35.5. The molecular weight excluding hydrogens is 216 g/mol. The molecule has 1 aliphatic heterocycles. The van der Waals surface area contributed by atoms with E-state index in [1.807, 2.05) is 0 Å². The van der Waals surface area contributed by atoms with Gasteiger partial charge in [-0.1, -0.05) is 18.2 Å². The molecule has 1 aromatic carbocycles. The molecule has 1 fully saturated rings. The molecule has 2 nitrogen and oxygen atoms in total. The topological polar surface area (TPSA) is 38.0 Å². The molecule has 4 heteroatoms. The Labute approximate surface area is 95.1 Å². The Hall–Kier alpha value is -0.220. The maximum Gasteiger partial charge on any atom is 0.0673 e. The number of halogens is 1. The number of benzene rings is 1. The van der Waals surface area contributed by atoms with Crippen LogP contribution in [0.4, 0.5) is 0 Å². The Bertz CT molecular complexity index is 313. The van der Waals surface area contributed by atoms with Crippen molar-refractivity contribution in [3.63, 3.8) is 0 Å². The Morgan fingerprint density at radius 3 is 2.50 bits per heavy atom. The maximum atomic E-state index is 6.22. The summed E-state index contributed by atoms with van der Waals surface area (Å²) in [4.78, 5) is 1.30. The molecule has 0 bridgehead atoms. The van der Waals surface area contributed by atoms with E-state index in [-0.39, 0.29) is 17.9 Å². The van der Waals surface area contributed by atoms with Gasteiger partial charge in [0, 0.05) is 18.0 Å². The molecule has 0 radical (unpaired) electrons. The molecule has 0 saturated carbocycles. The molecule has 1 heterocycles. The third-order valence-corrected chi connectivity index (χ3v) is 3.32. The zero-order chi connectivity index (χ0) is 9.31. The van der Waals surface area contributed by atoms with Gasteiger partial charge in [-0.05, 0) is 17.9 Å². The Kier molecular flexibility index (Phi) is 3.84. The minimum absolute atomic E-state index is 0. The summed E-state index contributed by atoms with van der Waals surface area (Å²) in [5.74, 6) is 0. The molecule has 0 spiro atoms. The van der Waals surface area contributed by atoms with Crippen molar-refractivity contribution in [1.82, 2.24) is 5.32 Å². The molecule has 14 heavy (non-hydrogen) atoms. The Balaban J connectivity index is 0.000000980. The normalized spacial score (nSPS) is 18.1. The van der Waals surface area contributed by atoms with Crippen LogP contribution in [0.15, 0.2) is 29.2 Å². The van der Waals surface area contributed by atoms with Crippen molar-refractivity contribution in [1.29, 1.82) is 0 Å². The van der Waals surface area contributed by atoms with E-state index < -0.39 is 0 Å². The molecule has 1 saturated heterocycles. The number of nitrogens with one attached hydrogen (secondary N) is 1. The molecule has 0 aliphatic carbocycles. The van der Waals surface area contributed by atoms with Crippen LogP contribution >= 0.6 is 24.2 Å². The van der Waals surface area contributed by atoms with Gasteiger partial charge in [0.1, 0.15) is 0 Å². The SMILES string of the molecule is CSc1ccccc1C1(N)CNC1.Cl. The van der Waals surface area contributed by atoms with E-state index in [4.69, 9.17) is 5.73 Å². The average Bonchev–Trinajstić information content (AvgIpc) is 2.14. The minimum atomic E-state index is -0.125. The Morgan fingerprint density at radius 1 is 1.36 bits per heavy atom. The van der Waals surface area contributed by atoms with Crippen molar-refractivity contribution >= 4 is 24.2 Å². The van der Waals surface area contributed by atoms with Crippen molar-refractivity contribution in [2.45, 2.75) is 10.4 Å². The van der Waals surface area contributed by atoms with Crippen molar-refractivity contribution in [3.8, 4) is 0 Å². The summed E-state index contributed by atoms with van der Waals surface area (Å²) in [5.41, 5.74) is 7.38. The maximum absolute atomic E-state index is 6.22. The fourth-order valence-corrected chi connectivity index (χ4v) is 2.35. The summed E-state index contributed by atoms with van der Waals surface area (Å²) >= 11 is 1.76. The summed E-state index contributed by atoms with van der Waals surface area (Å²) < 4.78 is 0. The molecule has 0 atom stereocenters. The number of nitrogens with two attached hydrogens (primary N) is 1. The Morgan fingerprint density at radius 2 is 2.00 bits per heavy atom. The first-order chi connectivity index (χ1) is 6.26. The summed E-state index contributed by atoms with van der Waals surface area (Å²) in [6.45, 7) is 1.79. The van der Waals surface area contributed by atoms with Crippen LogP contribution in [0.5, 0.6) is 0 Å². The van der Waals surface area contributed by atoms with Crippen molar-refractivity contribution in [3.05, 3.63) is 29.8 Å². The largest absolute Gasteiger partial charge is 0.319 e. The third-order valence-electron chi connectivity index (χ3n) is 2.52. The first-order valence-corrected chi connectivity index (χ1v) is 5.62. The number of hydrogen-bond acceptors (Lipinski definition) is 3. The first kappa shape index (κ1) is 11.9. The van der Waals surface area contributed by atoms with E-state index in [9.17, 15) is 0 Å². The van der Waals surface area contributed by atoms with Gasteiger partial charge in [0.25, 0.3) is 0 Å². The predicted molar refractivity (Wildman–Crippen MR) is 64.2 cm³/mol. The molecule has 0 amide bonds. The zero-order valence-electron chi connectivity index (χ0n) is 8.12. The van der Waals surface area contributed by atoms with Gasteiger partial charge in [0.05, 0.1) is 5.54 Å². The van der Waals surface area contributed by atoms with Gasteiger partial charge < -0.3 is 11.1 Å². The second-order valence-corrected chi connectivity index (χ2v) is 4.31. The molecule has 0 aromatic heterocycles. The highest BCUT2D eigenvalue weighted by molar-refractivity contribution is 7.98. The van der Waals surface area contributed by atoms with Crippen LogP contribution < -0.4 is 11.1 Å². The van der Waals surface area contributed by atoms with Crippen LogP contribution in [0.1, 0.15) is 5.56 Å². The van der Waals surface area contributed by atoms with Gasteiger partial charge in [0.15, 0.2) is 0 Å². The van der Waals surface area contributed by atoms with Gasteiger partial charge >= 0.3 is 0 Å². The summed E-state index contributed by atoms with van der Waals surface area (Å²) in [5, 5.41) is 3.22. The second-order valence-electron chi connectivity index (χ2n) is 3.46. The lowest BCUT2D eigenvalue weighted by molar-refractivity contribution is 0.282. The highest BCUT2D eigenvalue weighted by Crippen LogP contribution is 2.30. The van der Waals surface area contributed by atoms with E-state index in [1.165, 1.54) is 10.5 Å². The quantitative estimate of drug-likeness (QED) is 0.758. The zero-order valence-corrected chi connectivity index (χ0v) is 9.75. The lowest BCUT2D eigenvalue weighted by Crippen LogP contribution is -2.62. The van der Waals surface area contributed by atoms with Crippen LogP contribution in [0, 0.1) is 0 Å². The first-order valence-electron chi connectivity index (χ1n) is 4.39. The minimum Gasteiger partial charge on any atom is -0.319 e. The van der Waals surface area contributed by atoms with Crippen LogP contribution in [0.3, 0.4) is 0 Å².